The Morgan fingerprint density at radius 3 is 2.50 bits per heavy atom. The molecule has 2 aromatic rings. The number of nitrogens with one attached hydrogen (secondary N) is 1. The summed E-state index contributed by atoms with van der Waals surface area (Å²) in [6, 6.07) is 14.9. The van der Waals surface area contributed by atoms with Gasteiger partial charge in [0, 0.05) is 10.7 Å². The largest absolute Gasteiger partial charge is 0.368 e. The molecule has 3 N–H and O–H groups in total. The summed E-state index contributed by atoms with van der Waals surface area (Å²) in [6.07, 6.45) is 0. The van der Waals surface area contributed by atoms with Gasteiger partial charge in [0.2, 0.25) is 5.91 Å². The first-order chi connectivity index (χ1) is 9.43. The smallest absolute Gasteiger partial charge is 0.247 e. The van der Waals surface area contributed by atoms with E-state index in [0.29, 0.717) is 5.02 Å². The van der Waals surface area contributed by atoms with Gasteiger partial charge in [0.25, 0.3) is 0 Å². The average Bonchev–Trinajstić information content (AvgIpc) is 2.38. The Morgan fingerprint density at radius 2 is 1.90 bits per heavy atom. The highest BCUT2D eigenvalue weighted by Gasteiger charge is 2.34. The predicted octanol–water partition coefficient (Wildman–Crippen LogP) is 3.46. The zero-order valence-corrected chi connectivity index (χ0v) is 12.2. The molecule has 0 radical (unpaired) electrons. The van der Waals surface area contributed by atoms with E-state index >= 15 is 0 Å². The first kappa shape index (κ1) is 14.4. The van der Waals surface area contributed by atoms with Gasteiger partial charge in [-0.25, -0.2) is 0 Å². The van der Waals surface area contributed by atoms with Crippen LogP contribution in [0.25, 0.3) is 0 Å². The molecule has 1 atom stereocenters. The average molecular weight is 289 g/mol. The van der Waals surface area contributed by atoms with E-state index in [-0.39, 0.29) is 0 Å². The number of rotatable bonds is 4. The molecule has 104 valence electrons. The Bertz CT molecular complexity index is 642. The van der Waals surface area contributed by atoms with Gasteiger partial charge < -0.3 is 11.1 Å². The molecule has 1 unspecified atom stereocenters. The zero-order chi connectivity index (χ0) is 14.8. The summed E-state index contributed by atoms with van der Waals surface area (Å²) in [7, 11) is 0. The molecule has 0 heterocycles. The molecule has 4 heteroatoms. The molecule has 2 aromatic carbocycles. The number of aryl methyl sites for hydroxylation is 1. The maximum Gasteiger partial charge on any atom is 0.247 e. The normalized spacial score (nSPS) is 13.6. The summed E-state index contributed by atoms with van der Waals surface area (Å²) in [5.74, 6) is -0.438. The molecule has 0 saturated carbocycles. The number of benzene rings is 2. The van der Waals surface area contributed by atoms with Gasteiger partial charge in [0.15, 0.2) is 0 Å². The Morgan fingerprint density at radius 1 is 1.20 bits per heavy atom. The van der Waals surface area contributed by atoms with Gasteiger partial charge >= 0.3 is 0 Å². The lowest BCUT2D eigenvalue weighted by molar-refractivity contribution is -0.122. The minimum absolute atomic E-state index is 0.438. The van der Waals surface area contributed by atoms with Crippen molar-refractivity contribution in [2.24, 2.45) is 5.73 Å². The third-order valence-electron chi connectivity index (χ3n) is 3.40. The number of hydrogen-bond donors (Lipinski definition) is 2. The second kappa shape index (κ2) is 5.55. The van der Waals surface area contributed by atoms with Crippen molar-refractivity contribution in [3.8, 4) is 0 Å². The lowest BCUT2D eigenvalue weighted by Crippen LogP contribution is -2.45. The van der Waals surface area contributed by atoms with E-state index < -0.39 is 11.4 Å². The van der Waals surface area contributed by atoms with Crippen LogP contribution in [0.1, 0.15) is 18.1 Å². The molecule has 0 aliphatic rings. The minimum atomic E-state index is -0.990. The number of amides is 1. The third kappa shape index (κ3) is 2.78. The fourth-order valence-corrected chi connectivity index (χ4v) is 2.44. The lowest BCUT2D eigenvalue weighted by Gasteiger charge is -2.30. The summed E-state index contributed by atoms with van der Waals surface area (Å²) in [5.41, 5.74) is 7.24. The summed E-state index contributed by atoms with van der Waals surface area (Å²) in [6.45, 7) is 3.73. The molecule has 3 nitrogen and oxygen atoms in total. The van der Waals surface area contributed by atoms with E-state index in [2.05, 4.69) is 5.32 Å². The van der Waals surface area contributed by atoms with E-state index in [4.69, 9.17) is 17.3 Å². The van der Waals surface area contributed by atoms with Crippen molar-refractivity contribution in [3.63, 3.8) is 0 Å². The Labute approximate surface area is 123 Å². The fraction of sp³-hybridized carbons (Fsp3) is 0.188. The van der Waals surface area contributed by atoms with Crippen LogP contribution < -0.4 is 11.1 Å². The predicted molar refractivity (Wildman–Crippen MR) is 82.8 cm³/mol. The van der Waals surface area contributed by atoms with E-state index in [1.807, 2.05) is 43.3 Å². The SMILES string of the molecule is Cc1ccccc1C(C)(Nc1cccc(Cl)c1)C(N)=O. The summed E-state index contributed by atoms with van der Waals surface area (Å²) in [4.78, 5) is 12.0. The monoisotopic (exact) mass is 288 g/mol. The van der Waals surface area contributed by atoms with Gasteiger partial charge in [-0.1, -0.05) is 41.9 Å². The summed E-state index contributed by atoms with van der Waals surface area (Å²) in [5, 5.41) is 3.80. The second-order valence-electron chi connectivity index (χ2n) is 4.94. The number of primary amides is 1. The molecule has 0 saturated heterocycles. The van der Waals surface area contributed by atoms with Crippen molar-refractivity contribution >= 4 is 23.2 Å². The summed E-state index contributed by atoms with van der Waals surface area (Å²) >= 11 is 5.97. The van der Waals surface area contributed by atoms with Crippen molar-refractivity contribution in [2.75, 3.05) is 5.32 Å². The maximum atomic E-state index is 12.0. The number of halogens is 1. The number of nitrogens with two attached hydrogens (primary N) is 1. The van der Waals surface area contributed by atoms with Crippen molar-refractivity contribution in [1.82, 2.24) is 0 Å². The van der Waals surface area contributed by atoms with Crippen molar-refractivity contribution in [3.05, 3.63) is 64.7 Å². The first-order valence-electron chi connectivity index (χ1n) is 6.33. The number of carbonyl (C=O) groups is 1. The molecule has 20 heavy (non-hydrogen) atoms. The minimum Gasteiger partial charge on any atom is -0.368 e. The van der Waals surface area contributed by atoms with Crippen LogP contribution >= 0.6 is 11.6 Å². The molecule has 0 aromatic heterocycles. The number of carbonyl (C=O) groups excluding carboxylic acids is 1. The fourth-order valence-electron chi connectivity index (χ4n) is 2.25. The molecular formula is C16H17ClN2O. The maximum absolute atomic E-state index is 12.0. The molecular weight excluding hydrogens is 272 g/mol. The highest BCUT2D eigenvalue weighted by molar-refractivity contribution is 6.30. The Kier molecular flexibility index (Phi) is 4.00. The molecule has 1 amide bonds. The van der Waals surface area contributed by atoms with Gasteiger partial charge in [0.05, 0.1) is 0 Å². The molecule has 0 spiro atoms. The van der Waals surface area contributed by atoms with Crippen LogP contribution in [0.15, 0.2) is 48.5 Å². The summed E-state index contributed by atoms with van der Waals surface area (Å²) < 4.78 is 0. The van der Waals surface area contributed by atoms with Crippen molar-refractivity contribution in [2.45, 2.75) is 19.4 Å². The lowest BCUT2D eigenvalue weighted by atomic mass is 9.87. The van der Waals surface area contributed by atoms with E-state index in [0.717, 1.165) is 16.8 Å². The highest BCUT2D eigenvalue weighted by atomic mass is 35.5. The molecule has 2 rings (SSSR count). The van der Waals surface area contributed by atoms with Crippen molar-refractivity contribution in [1.29, 1.82) is 0 Å². The van der Waals surface area contributed by atoms with Gasteiger partial charge in [0.1, 0.15) is 5.54 Å². The van der Waals surface area contributed by atoms with Crippen LogP contribution in [-0.4, -0.2) is 5.91 Å². The quantitative estimate of drug-likeness (QED) is 0.905. The van der Waals surface area contributed by atoms with Gasteiger partial charge in [-0.3, -0.25) is 4.79 Å². The van der Waals surface area contributed by atoms with Crippen LogP contribution in [0.2, 0.25) is 5.02 Å². The van der Waals surface area contributed by atoms with Crippen LogP contribution in [-0.2, 0) is 10.3 Å². The molecule has 0 fully saturated rings. The topological polar surface area (TPSA) is 55.1 Å². The van der Waals surface area contributed by atoms with Gasteiger partial charge in [-0.05, 0) is 43.2 Å². The number of hydrogen-bond acceptors (Lipinski definition) is 2. The van der Waals surface area contributed by atoms with Crippen LogP contribution in [0.4, 0.5) is 5.69 Å². The molecule has 0 aliphatic heterocycles. The van der Waals surface area contributed by atoms with Crippen LogP contribution in [0.5, 0.6) is 0 Å². The number of anilines is 1. The first-order valence-corrected chi connectivity index (χ1v) is 6.71. The van der Waals surface area contributed by atoms with Crippen LogP contribution in [0, 0.1) is 6.92 Å². The van der Waals surface area contributed by atoms with Crippen molar-refractivity contribution < 1.29 is 4.79 Å². The standard InChI is InChI=1S/C16H17ClN2O/c1-11-6-3-4-9-14(11)16(2,15(18)20)19-13-8-5-7-12(17)10-13/h3-10,19H,1-2H3,(H2,18,20). The highest BCUT2D eigenvalue weighted by Crippen LogP contribution is 2.29. The second-order valence-corrected chi connectivity index (χ2v) is 5.38. The van der Waals surface area contributed by atoms with Gasteiger partial charge in [-0.15, -0.1) is 0 Å². The van der Waals surface area contributed by atoms with E-state index in [1.54, 1.807) is 19.1 Å². The zero-order valence-electron chi connectivity index (χ0n) is 11.5. The Hall–Kier alpha value is -2.00. The molecule has 0 aliphatic carbocycles. The van der Waals surface area contributed by atoms with E-state index in [1.165, 1.54) is 0 Å². The third-order valence-corrected chi connectivity index (χ3v) is 3.63. The Balaban J connectivity index is 2.46. The van der Waals surface area contributed by atoms with E-state index in [9.17, 15) is 4.79 Å². The van der Waals surface area contributed by atoms with Crippen LogP contribution in [0.3, 0.4) is 0 Å². The molecule has 0 bridgehead atoms. The van der Waals surface area contributed by atoms with Gasteiger partial charge in [-0.2, -0.15) is 0 Å².